The van der Waals surface area contributed by atoms with Crippen LogP contribution in [0.5, 0.6) is 0 Å². The van der Waals surface area contributed by atoms with Crippen molar-refractivity contribution in [3.8, 4) is 0 Å². The summed E-state index contributed by atoms with van der Waals surface area (Å²) >= 11 is 0. The fraction of sp³-hybridized carbons (Fsp3) is 0.619. The van der Waals surface area contributed by atoms with Gasteiger partial charge in [-0.15, -0.1) is 0 Å². The largest absolute Gasteiger partial charge is 0.298 e. The molecule has 1 fully saturated rings. The van der Waals surface area contributed by atoms with Gasteiger partial charge in [-0.1, -0.05) is 50.8 Å². The normalized spacial score (nSPS) is 22.7. The molecule has 0 spiro atoms. The Labute approximate surface area is 140 Å². The lowest BCUT2D eigenvalue weighted by Crippen LogP contribution is -2.19. The first kappa shape index (κ1) is 17.9. The van der Waals surface area contributed by atoms with Gasteiger partial charge in [-0.25, -0.2) is 0 Å². The van der Waals surface area contributed by atoms with Crippen molar-refractivity contribution in [2.75, 3.05) is 0 Å². The van der Waals surface area contributed by atoms with Gasteiger partial charge in [0.25, 0.3) is 0 Å². The Bertz CT molecular complexity index is 577. The Kier molecular flexibility index (Phi) is 5.78. The molecule has 0 heterocycles. The summed E-state index contributed by atoms with van der Waals surface area (Å²) in [5, 5.41) is 0. The zero-order valence-corrected chi connectivity index (χ0v) is 15.2. The topological polar surface area (TPSA) is 34.1 Å². The summed E-state index contributed by atoms with van der Waals surface area (Å²) in [7, 11) is 0. The molecule has 0 N–H and O–H groups in total. The Morgan fingerprint density at radius 3 is 2.22 bits per heavy atom. The van der Waals surface area contributed by atoms with Crippen molar-refractivity contribution in [1.29, 1.82) is 0 Å². The van der Waals surface area contributed by atoms with Crippen LogP contribution in [0.15, 0.2) is 12.1 Å². The van der Waals surface area contributed by atoms with Crippen LogP contribution in [0.2, 0.25) is 0 Å². The van der Waals surface area contributed by atoms with Gasteiger partial charge in [0.2, 0.25) is 0 Å². The fourth-order valence-electron chi connectivity index (χ4n) is 4.30. The first-order chi connectivity index (χ1) is 10.9. The Balaban J connectivity index is 2.26. The molecule has 23 heavy (non-hydrogen) atoms. The van der Waals surface area contributed by atoms with Crippen LogP contribution >= 0.6 is 0 Å². The maximum atomic E-state index is 12.9. The standard InChI is InChI=1S/C21H30O2/c1-6-8-16(7-2)11-17-12-18(22)20(21(17)23)19-14(4)9-13(3)10-15(19)5/h9-10,16-17,20H,6-8,11-12H2,1-5H3. The molecule has 2 nitrogen and oxygen atoms in total. The van der Waals surface area contributed by atoms with Gasteiger partial charge in [-0.05, 0) is 49.8 Å². The molecule has 3 atom stereocenters. The number of carbonyl (C=O) groups is 2. The summed E-state index contributed by atoms with van der Waals surface area (Å²) in [5.41, 5.74) is 4.31. The Hall–Kier alpha value is -1.44. The van der Waals surface area contributed by atoms with E-state index in [1.54, 1.807) is 0 Å². The second kappa shape index (κ2) is 7.42. The van der Waals surface area contributed by atoms with Crippen LogP contribution in [0.3, 0.4) is 0 Å². The van der Waals surface area contributed by atoms with Gasteiger partial charge in [-0.2, -0.15) is 0 Å². The predicted molar refractivity (Wildman–Crippen MR) is 94.8 cm³/mol. The molecule has 0 amide bonds. The van der Waals surface area contributed by atoms with Crippen molar-refractivity contribution in [3.63, 3.8) is 0 Å². The van der Waals surface area contributed by atoms with E-state index in [-0.39, 0.29) is 17.5 Å². The van der Waals surface area contributed by atoms with Crippen LogP contribution in [-0.2, 0) is 9.59 Å². The monoisotopic (exact) mass is 314 g/mol. The van der Waals surface area contributed by atoms with Crippen molar-refractivity contribution < 1.29 is 9.59 Å². The van der Waals surface area contributed by atoms with Crippen LogP contribution in [-0.4, -0.2) is 11.6 Å². The molecule has 2 rings (SSSR count). The maximum Gasteiger partial charge on any atom is 0.151 e. The molecule has 0 bridgehead atoms. The molecule has 1 saturated carbocycles. The van der Waals surface area contributed by atoms with Crippen LogP contribution < -0.4 is 0 Å². The van der Waals surface area contributed by atoms with Crippen LogP contribution in [0, 0.1) is 32.6 Å². The summed E-state index contributed by atoms with van der Waals surface area (Å²) in [6, 6.07) is 4.17. The molecule has 126 valence electrons. The zero-order chi connectivity index (χ0) is 17.1. The van der Waals surface area contributed by atoms with E-state index < -0.39 is 5.92 Å². The fourth-order valence-corrected chi connectivity index (χ4v) is 4.30. The highest BCUT2D eigenvalue weighted by molar-refractivity contribution is 6.14. The van der Waals surface area contributed by atoms with Gasteiger partial charge in [0, 0.05) is 12.3 Å². The molecular weight excluding hydrogens is 284 g/mol. The molecule has 0 aromatic heterocycles. The summed E-state index contributed by atoms with van der Waals surface area (Å²) in [6.07, 6.45) is 4.72. The minimum absolute atomic E-state index is 0.0656. The van der Waals surface area contributed by atoms with Crippen molar-refractivity contribution in [2.24, 2.45) is 11.8 Å². The van der Waals surface area contributed by atoms with Gasteiger partial charge < -0.3 is 0 Å². The van der Waals surface area contributed by atoms with E-state index in [2.05, 4.69) is 32.9 Å². The van der Waals surface area contributed by atoms with Crippen LogP contribution in [0.4, 0.5) is 0 Å². The number of hydrogen-bond donors (Lipinski definition) is 0. The molecule has 0 saturated heterocycles. The lowest BCUT2D eigenvalue weighted by molar-refractivity contribution is -0.125. The lowest BCUT2D eigenvalue weighted by atomic mass is 9.84. The first-order valence-electron chi connectivity index (χ1n) is 9.03. The van der Waals surface area contributed by atoms with Gasteiger partial charge in [0.15, 0.2) is 5.78 Å². The van der Waals surface area contributed by atoms with Gasteiger partial charge in [0.1, 0.15) is 11.7 Å². The third-order valence-electron chi connectivity index (χ3n) is 5.38. The van der Waals surface area contributed by atoms with E-state index in [1.165, 1.54) is 5.56 Å². The number of benzene rings is 1. The van der Waals surface area contributed by atoms with Crippen molar-refractivity contribution in [2.45, 2.75) is 72.6 Å². The average Bonchev–Trinajstić information content (AvgIpc) is 2.73. The molecular formula is C21H30O2. The number of aryl methyl sites for hydroxylation is 3. The smallest absolute Gasteiger partial charge is 0.151 e. The molecule has 2 heteroatoms. The minimum Gasteiger partial charge on any atom is -0.298 e. The third kappa shape index (κ3) is 3.73. The molecule has 1 aliphatic rings. The molecule has 0 aliphatic heterocycles. The number of hydrogen-bond acceptors (Lipinski definition) is 2. The van der Waals surface area contributed by atoms with Crippen molar-refractivity contribution in [3.05, 3.63) is 34.4 Å². The first-order valence-corrected chi connectivity index (χ1v) is 9.03. The number of rotatable bonds is 6. The molecule has 1 aromatic rings. The highest BCUT2D eigenvalue weighted by Gasteiger charge is 2.43. The highest BCUT2D eigenvalue weighted by atomic mass is 16.2. The third-order valence-corrected chi connectivity index (χ3v) is 5.38. The van der Waals surface area contributed by atoms with Gasteiger partial charge in [0.05, 0.1) is 0 Å². The van der Waals surface area contributed by atoms with Crippen LogP contribution in [0.25, 0.3) is 0 Å². The lowest BCUT2D eigenvalue weighted by Gasteiger charge is -2.19. The molecule has 1 aromatic carbocycles. The molecule has 3 unspecified atom stereocenters. The second-order valence-corrected chi connectivity index (χ2v) is 7.31. The van der Waals surface area contributed by atoms with E-state index in [1.807, 2.05) is 13.8 Å². The number of carbonyl (C=O) groups excluding carboxylic acids is 2. The minimum atomic E-state index is -0.514. The van der Waals surface area contributed by atoms with E-state index in [0.29, 0.717) is 12.3 Å². The van der Waals surface area contributed by atoms with Crippen LogP contribution in [0.1, 0.15) is 74.1 Å². The number of ketones is 2. The van der Waals surface area contributed by atoms with E-state index in [9.17, 15) is 9.59 Å². The van der Waals surface area contributed by atoms with E-state index in [0.717, 1.165) is 42.4 Å². The van der Waals surface area contributed by atoms with E-state index in [4.69, 9.17) is 0 Å². The summed E-state index contributed by atoms with van der Waals surface area (Å²) < 4.78 is 0. The van der Waals surface area contributed by atoms with Crippen molar-refractivity contribution >= 4 is 11.6 Å². The Morgan fingerprint density at radius 1 is 1.09 bits per heavy atom. The zero-order valence-electron chi connectivity index (χ0n) is 15.2. The van der Waals surface area contributed by atoms with Gasteiger partial charge in [-0.3, -0.25) is 9.59 Å². The van der Waals surface area contributed by atoms with Crippen molar-refractivity contribution in [1.82, 2.24) is 0 Å². The second-order valence-electron chi connectivity index (χ2n) is 7.31. The SMILES string of the molecule is CCCC(CC)CC1CC(=O)C(c2c(C)cc(C)cc2C)C1=O. The van der Waals surface area contributed by atoms with Gasteiger partial charge >= 0.3 is 0 Å². The average molecular weight is 314 g/mol. The van der Waals surface area contributed by atoms with E-state index >= 15 is 0 Å². The number of Topliss-reactive ketones (excluding diaryl/α,β-unsaturated/α-hetero) is 2. The Morgan fingerprint density at radius 2 is 1.70 bits per heavy atom. The highest BCUT2D eigenvalue weighted by Crippen LogP contribution is 2.39. The molecule has 0 radical (unpaired) electrons. The molecule has 1 aliphatic carbocycles. The maximum absolute atomic E-state index is 12.9. The summed E-state index contributed by atoms with van der Waals surface area (Å²) in [4.78, 5) is 25.5. The predicted octanol–water partition coefficient (Wildman–Crippen LogP) is 5.07. The summed E-state index contributed by atoms with van der Waals surface area (Å²) in [6.45, 7) is 10.5. The quantitative estimate of drug-likeness (QED) is 0.687. The summed E-state index contributed by atoms with van der Waals surface area (Å²) in [5.74, 6) is 0.283.